The number of hydrogen-bond donors (Lipinski definition) is 1. The Kier molecular flexibility index (Phi) is 6.78. The van der Waals surface area contributed by atoms with Crippen molar-refractivity contribution < 1.29 is 23.5 Å². The molecule has 1 N–H and O–H groups in total. The Morgan fingerprint density at radius 2 is 1.94 bits per heavy atom. The monoisotopic (exact) mass is 421 g/mol. The number of carbonyl (C=O) groups excluding carboxylic acids is 2. The number of benzene rings is 1. The van der Waals surface area contributed by atoms with E-state index in [9.17, 15) is 14.9 Å². The van der Waals surface area contributed by atoms with Crippen LogP contribution < -0.4 is 10.1 Å². The maximum atomic E-state index is 12.5. The lowest BCUT2D eigenvalue weighted by Gasteiger charge is -2.12. The van der Waals surface area contributed by atoms with Crippen LogP contribution in [0.3, 0.4) is 0 Å². The van der Waals surface area contributed by atoms with Crippen molar-refractivity contribution in [3.63, 3.8) is 0 Å². The van der Waals surface area contributed by atoms with Crippen molar-refractivity contribution in [3.8, 4) is 11.8 Å². The Morgan fingerprint density at radius 3 is 2.55 bits per heavy atom. The molecule has 0 unspecified atom stereocenters. The molecular weight excluding hydrogens is 398 g/mol. The number of esters is 1. The average molecular weight is 421 g/mol. The van der Waals surface area contributed by atoms with Crippen LogP contribution in [0, 0.1) is 25.2 Å². The second-order valence-electron chi connectivity index (χ2n) is 6.79. The summed E-state index contributed by atoms with van der Waals surface area (Å²) in [5.74, 6) is 0.492. The van der Waals surface area contributed by atoms with Crippen LogP contribution >= 0.6 is 0 Å². The number of nitriles is 1. The number of hydrogen-bond acceptors (Lipinski definition) is 6. The smallest absolute Gasteiger partial charge is 0.338 e. The molecule has 1 aromatic carbocycles. The highest BCUT2D eigenvalue weighted by Crippen LogP contribution is 2.27. The van der Waals surface area contributed by atoms with E-state index in [4.69, 9.17) is 13.9 Å². The molecule has 0 spiro atoms. The van der Waals surface area contributed by atoms with Gasteiger partial charge in [-0.15, -0.1) is 0 Å². The van der Waals surface area contributed by atoms with Crippen LogP contribution in [0.4, 0.5) is 5.82 Å². The third-order valence-corrected chi connectivity index (χ3v) is 4.83. The molecule has 0 saturated heterocycles. The number of nitrogens with one attached hydrogen (secondary N) is 1. The van der Waals surface area contributed by atoms with Gasteiger partial charge in [0, 0.05) is 5.69 Å². The van der Waals surface area contributed by atoms with Crippen molar-refractivity contribution in [3.05, 3.63) is 70.8 Å². The van der Waals surface area contributed by atoms with E-state index in [-0.39, 0.29) is 0 Å². The minimum absolute atomic E-state index is 0.307. The van der Waals surface area contributed by atoms with Crippen LogP contribution in [0.5, 0.6) is 5.75 Å². The molecule has 0 aliphatic heterocycles. The molecular formula is C23H23N3O5. The maximum absolute atomic E-state index is 12.5. The molecule has 1 amide bonds. The summed E-state index contributed by atoms with van der Waals surface area (Å²) < 4.78 is 17.6. The van der Waals surface area contributed by atoms with E-state index in [0.717, 1.165) is 11.3 Å². The van der Waals surface area contributed by atoms with E-state index in [1.54, 1.807) is 41.2 Å². The van der Waals surface area contributed by atoms with E-state index in [1.807, 2.05) is 26.8 Å². The Bertz CT molecular complexity index is 1110. The van der Waals surface area contributed by atoms with Gasteiger partial charge in [-0.3, -0.25) is 4.79 Å². The Labute approximate surface area is 180 Å². The standard InChI is InChI=1S/C23H23N3O5/c1-4-29-18-9-7-17(8-10-18)23(28)31-14-21(27)25-22-20(12-24)15(2)16(3)26(22)13-19-6-5-11-30-19/h5-11H,4,13-14H2,1-3H3,(H,25,27). The van der Waals surface area contributed by atoms with Gasteiger partial charge in [-0.2, -0.15) is 5.26 Å². The summed E-state index contributed by atoms with van der Waals surface area (Å²) >= 11 is 0. The first-order valence-corrected chi connectivity index (χ1v) is 9.76. The van der Waals surface area contributed by atoms with Gasteiger partial charge >= 0.3 is 5.97 Å². The van der Waals surface area contributed by atoms with E-state index >= 15 is 0 Å². The topological polar surface area (TPSA) is 106 Å². The van der Waals surface area contributed by atoms with Crippen molar-refractivity contribution >= 4 is 17.7 Å². The predicted octanol–water partition coefficient (Wildman–Crippen LogP) is 3.81. The van der Waals surface area contributed by atoms with Crippen LogP contribution in [-0.2, 0) is 16.1 Å². The quantitative estimate of drug-likeness (QED) is 0.554. The van der Waals surface area contributed by atoms with Gasteiger partial charge in [0.1, 0.15) is 23.4 Å². The summed E-state index contributed by atoms with van der Waals surface area (Å²) in [6, 6.07) is 12.2. The lowest BCUT2D eigenvalue weighted by molar-refractivity contribution is -0.119. The predicted molar refractivity (Wildman–Crippen MR) is 113 cm³/mol. The molecule has 0 aliphatic carbocycles. The first-order chi connectivity index (χ1) is 14.9. The first kappa shape index (κ1) is 21.7. The number of anilines is 1. The molecule has 3 rings (SSSR count). The second kappa shape index (κ2) is 9.67. The SMILES string of the molecule is CCOc1ccc(C(=O)OCC(=O)Nc2c(C#N)c(C)c(C)n2Cc2ccco2)cc1. The summed E-state index contributed by atoms with van der Waals surface area (Å²) in [6.45, 7) is 5.93. The Hall–Kier alpha value is -3.99. The Balaban J connectivity index is 1.69. The van der Waals surface area contributed by atoms with Gasteiger partial charge in [-0.05, 0) is 62.7 Å². The molecule has 8 nitrogen and oxygen atoms in total. The van der Waals surface area contributed by atoms with Gasteiger partial charge in [0.2, 0.25) is 0 Å². The average Bonchev–Trinajstić information content (AvgIpc) is 3.36. The molecule has 3 aromatic rings. The lowest BCUT2D eigenvalue weighted by Crippen LogP contribution is -2.23. The minimum atomic E-state index is -0.628. The van der Waals surface area contributed by atoms with Gasteiger partial charge in [-0.25, -0.2) is 4.79 Å². The van der Waals surface area contributed by atoms with Crippen LogP contribution in [0.25, 0.3) is 0 Å². The number of nitrogens with zero attached hydrogens (tertiary/aromatic N) is 2. The molecule has 0 radical (unpaired) electrons. The van der Waals surface area contributed by atoms with Crippen LogP contribution in [0.2, 0.25) is 0 Å². The zero-order chi connectivity index (χ0) is 22.4. The molecule has 160 valence electrons. The number of ether oxygens (including phenoxy) is 2. The molecule has 0 saturated carbocycles. The fourth-order valence-electron chi connectivity index (χ4n) is 3.12. The molecule has 0 fully saturated rings. The van der Waals surface area contributed by atoms with Crippen molar-refractivity contribution in [1.29, 1.82) is 5.26 Å². The van der Waals surface area contributed by atoms with Crippen molar-refractivity contribution in [2.75, 3.05) is 18.5 Å². The third kappa shape index (κ3) is 4.95. The highest BCUT2D eigenvalue weighted by molar-refractivity contribution is 5.96. The van der Waals surface area contributed by atoms with Crippen molar-refractivity contribution in [2.24, 2.45) is 0 Å². The summed E-state index contributed by atoms with van der Waals surface area (Å²) in [7, 11) is 0. The lowest BCUT2D eigenvalue weighted by atomic mass is 10.2. The molecule has 0 aliphatic rings. The van der Waals surface area contributed by atoms with Gasteiger partial charge < -0.3 is 23.8 Å². The van der Waals surface area contributed by atoms with Gasteiger partial charge in [-0.1, -0.05) is 0 Å². The number of carbonyl (C=O) groups is 2. The van der Waals surface area contributed by atoms with E-state index in [0.29, 0.717) is 41.6 Å². The summed E-state index contributed by atoms with van der Waals surface area (Å²) in [5.41, 5.74) is 2.25. The van der Waals surface area contributed by atoms with Gasteiger partial charge in [0.15, 0.2) is 6.61 Å². The Morgan fingerprint density at radius 1 is 1.19 bits per heavy atom. The third-order valence-electron chi connectivity index (χ3n) is 4.83. The largest absolute Gasteiger partial charge is 0.494 e. The maximum Gasteiger partial charge on any atom is 0.338 e. The van der Waals surface area contributed by atoms with Gasteiger partial charge in [0.25, 0.3) is 5.91 Å². The number of rotatable bonds is 8. The second-order valence-corrected chi connectivity index (χ2v) is 6.79. The van der Waals surface area contributed by atoms with Crippen LogP contribution in [-0.4, -0.2) is 29.7 Å². The number of furan rings is 1. The van der Waals surface area contributed by atoms with Crippen molar-refractivity contribution in [1.82, 2.24) is 4.57 Å². The van der Waals surface area contributed by atoms with E-state index < -0.39 is 18.5 Å². The zero-order valence-electron chi connectivity index (χ0n) is 17.6. The minimum Gasteiger partial charge on any atom is -0.494 e. The number of aromatic nitrogens is 1. The van der Waals surface area contributed by atoms with Crippen LogP contribution in [0.15, 0.2) is 47.1 Å². The molecule has 31 heavy (non-hydrogen) atoms. The summed E-state index contributed by atoms with van der Waals surface area (Å²) in [6.07, 6.45) is 1.56. The fraction of sp³-hybridized carbons (Fsp3) is 0.261. The zero-order valence-corrected chi connectivity index (χ0v) is 17.6. The highest BCUT2D eigenvalue weighted by atomic mass is 16.5. The highest BCUT2D eigenvalue weighted by Gasteiger charge is 2.21. The summed E-state index contributed by atoms with van der Waals surface area (Å²) in [5, 5.41) is 12.3. The molecule has 0 atom stereocenters. The molecule has 8 heteroatoms. The fourth-order valence-corrected chi connectivity index (χ4v) is 3.12. The molecule has 2 heterocycles. The van der Waals surface area contributed by atoms with E-state index in [1.165, 1.54) is 0 Å². The molecule has 2 aromatic heterocycles. The van der Waals surface area contributed by atoms with Crippen LogP contribution in [0.1, 0.15) is 39.9 Å². The van der Waals surface area contributed by atoms with E-state index in [2.05, 4.69) is 11.4 Å². The van der Waals surface area contributed by atoms with Crippen molar-refractivity contribution in [2.45, 2.75) is 27.3 Å². The normalized spacial score (nSPS) is 10.4. The molecule has 0 bridgehead atoms. The first-order valence-electron chi connectivity index (χ1n) is 9.76. The summed E-state index contributed by atoms with van der Waals surface area (Å²) in [4.78, 5) is 24.7. The van der Waals surface area contributed by atoms with Gasteiger partial charge in [0.05, 0.1) is 30.5 Å². The number of amides is 1.